The summed E-state index contributed by atoms with van der Waals surface area (Å²) < 4.78 is 0. The van der Waals surface area contributed by atoms with E-state index in [9.17, 15) is 0 Å². The quantitative estimate of drug-likeness (QED) is 0.836. The molecule has 0 aliphatic heterocycles. The molecule has 0 saturated carbocycles. The lowest BCUT2D eigenvalue weighted by Crippen LogP contribution is -2.12. The summed E-state index contributed by atoms with van der Waals surface area (Å²) in [6.45, 7) is 2.08. The van der Waals surface area contributed by atoms with Gasteiger partial charge in [0.1, 0.15) is 0 Å². The van der Waals surface area contributed by atoms with E-state index in [2.05, 4.69) is 37.3 Å². The van der Waals surface area contributed by atoms with E-state index in [1.807, 2.05) is 18.2 Å². The van der Waals surface area contributed by atoms with Gasteiger partial charge < -0.3 is 5.73 Å². The molecule has 0 heterocycles. The molecule has 0 spiro atoms. The topological polar surface area (TPSA) is 26.0 Å². The molecule has 1 unspecified atom stereocenters. The normalized spacial score (nSPS) is 12.4. The number of aryl methyl sites for hydroxylation is 1. The Morgan fingerprint density at radius 3 is 2.67 bits per heavy atom. The van der Waals surface area contributed by atoms with E-state index in [1.165, 1.54) is 11.1 Å². The molecule has 0 aliphatic rings. The smallest absolute Gasteiger partial charge is 0.0417 e. The molecule has 94 valence electrons. The summed E-state index contributed by atoms with van der Waals surface area (Å²) in [5.41, 5.74) is 8.63. The van der Waals surface area contributed by atoms with E-state index >= 15 is 0 Å². The lowest BCUT2D eigenvalue weighted by Gasteiger charge is -2.12. The first-order valence-corrected chi connectivity index (χ1v) is 7.22. The third kappa shape index (κ3) is 3.77. The minimum Gasteiger partial charge on any atom is -0.323 e. The van der Waals surface area contributed by atoms with Gasteiger partial charge in [0.05, 0.1) is 0 Å². The Morgan fingerprint density at radius 1 is 1.17 bits per heavy atom. The van der Waals surface area contributed by atoms with Crippen LogP contribution in [0.4, 0.5) is 0 Å². The summed E-state index contributed by atoms with van der Waals surface area (Å²) in [6, 6.07) is 16.3. The first-order valence-electron chi connectivity index (χ1n) is 5.85. The van der Waals surface area contributed by atoms with Crippen LogP contribution in [0.25, 0.3) is 0 Å². The molecule has 0 fully saturated rings. The van der Waals surface area contributed by atoms with Crippen LogP contribution in [-0.4, -0.2) is 5.75 Å². The highest BCUT2D eigenvalue weighted by molar-refractivity contribution is 7.99. The molecule has 2 aromatic rings. The van der Waals surface area contributed by atoms with Crippen molar-refractivity contribution in [3.8, 4) is 0 Å². The molecule has 0 saturated heterocycles. The van der Waals surface area contributed by atoms with Crippen molar-refractivity contribution in [2.24, 2.45) is 5.73 Å². The van der Waals surface area contributed by atoms with E-state index < -0.39 is 0 Å². The number of hydrogen-bond donors (Lipinski definition) is 1. The van der Waals surface area contributed by atoms with Gasteiger partial charge in [0.25, 0.3) is 0 Å². The zero-order valence-corrected chi connectivity index (χ0v) is 11.8. The fourth-order valence-electron chi connectivity index (χ4n) is 1.74. The Labute approximate surface area is 117 Å². The largest absolute Gasteiger partial charge is 0.323 e. The second-order valence-electron chi connectivity index (χ2n) is 4.29. The highest BCUT2D eigenvalue weighted by Crippen LogP contribution is 2.25. The Hall–Kier alpha value is -0.960. The third-order valence-electron chi connectivity index (χ3n) is 2.70. The number of thioether (sulfide) groups is 1. The van der Waals surface area contributed by atoms with Crippen molar-refractivity contribution in [3.63, 3.8) is 0 Å². The van der Waals surface area contributed by atoms with Crippen LogP contribution in [0.3, 0.4) is 0 Å². The monoisotopic (exact) mass is 277 g/mol. The highest BCUT2D eigenvalue weighted by atomic mass is 35.5. The first-order chi connectivity index (χ1) is 8.65. The number of hydrogen-bond acceptors (Lipinski definition) is 2. The molecule has 0 aromatic heterocycles. The SMILES string of the molecule is Cc1cccc(C(N)CSc2cccc(Cl)c2)c1. The van der Waals surface area contributed by atoms with Crippen LogP contribution in [0.15, 0.2) is 53.4 Å². The van der Waals surface area contributed by atoms with Crippen LogP contribution in [0.5, 0.6) is 0 Å². The maximum atomic E-state index is 6.20. The second-order valence-corrected chi connectivity index (χ2v) is 5.82. The van der Waals surface area contributed by atoms with Gasteiger partial charge in [-0.2, -0.15) is 0 Å². The number of rotatable bonds is 4. The standard InChI is InChI=1S/C15H16ClNS/c1-11-4-2-5-12(8-11)15(17)10-18-14-7-3-6-13(16)9-14/h2-9,15H,10,17H2,1H3. The summed E-state index contributed by atoms with van der Waals surface area (Å²) in [7, 11) is 0. The zero-order chi connectivity index (χ0) is 13.0. The molecule has 1 atom stereocenters. The molecular formula is C15H16ClNS. The van der Waals surface area contributed by atoms with Gasteiger partial charge in [-0.15, -0.1) is 11.8 Å². The summed E-state index contributed by atoms with van der Waals surface area (Å²) in [4.78, 5) is 1.16. The number of halogens is 1. The van der Waals surface area contributed by atoms with Gasteiger partial charge in [0, 0.05) is 21.7 Å². The average Bonchev–Trinajstić information content (AvgIpc) is 2.36. The lowest BCUT2D eigenvalue weighted by molar-refractivity contribution is 0.830. The zero-order valence-electron chi connectivity index (χ0n) is 10.3. The van der Waals surface area contributed by atoms with Gasteiger partial charge >= 0.3 is 0 Å². The molecule has 1 nitrogen and oxygen atoms in total. The Morgan fingerprint density at radius 2 is 1.94 bits per heavy atom. The molecular weight excluding hydrogens is 262 g/mol. The van der Waals surface area contributed by atoms with Crippen molar-refractivity contribution in [1.29, 1.82) is 0 Å². The summed E-state index contributed by atoms with van der Waals surface area (Å²) in [5.74, 6) is 0.851. The first kappa shape index (κ1) is 13.5. The van der Waals surface area contributed by atoms with Crippen molar-refractivity contribution >= 4 is 23.4 Å². The second kappa shape index (κ2) is 6.28. The van der Waals surface area contributed by atoms with Gasteiger partial charge in [-0.3, -0.25) is 0 Å². The van der Waals surface area contributed by atoms with E-state index in [4.69, 9.17) is 17.3 Å². The number of nitrogens with two attached hydrogens (primary N) is 1. The van der Waals surface area contributed by atoms with E-state index in [-0.39, 0.29) is 6.04 Å². The van der Waals surface area contributed by atoms with Crippen LogP contribution < -0.4 is 5.73 Å². The maximum Gasteiger partial charge on any atom is 0.0417 e. The van der Waals surface area contributed by atoms with Crippen molar-refractivity contribution in [3.05, 3.63) is 64.7 Å². The summed E-state index contributed by atoms with van der Waals surface area (Å²) >= 11 is 7.69. The minimum absolute atomic E-state index is 0.0499. The van der Waals surface area contributed by atoms with E-state index in [0.717, 1.165) is 15.7 Å². The van der Waals surface area contributed by atoms with Gasteiger partial charge in [-0.05, 0) is 30.7 Å². The lowest BCUT2D eigenvalue weighted by atomic mass is 10.1. The van der Waals surface area contributed by atoms with Crippen molar-refractivity contribution in [2.45, 2.75) is 17.9 Å². The number of benzene rings is 2. The van der Waals surface area contributed by atoms with Gasteiger partial charge in [0.2, 0.25) is 0 Å². The maximum absolute atomic E-state index is 6.20. The van der Waals surface area contributed by atoms with Crippen molar-refractivity contribution in [1.82, 2.24) is 0 Å². The van der Waals surface area contributed by atoms with Gasteiger partial charge in [0.15, 0.2) is 0 Å². The van der Waals surface area contributed by atoms with Gasteiger partial charge in [-0.25, -0.2) is 0 Å². The van der Waals surface area contributed by atoms with Crippen LogP contribution in [0.2, 0.25) is 5.02 Å². The molecule has 0 bridgehead atoms. The molecule has 0 amide bonds. The van der Waals surface area contributed by atoms with E-state index in [0.29, 0.717) is 0 Å². The Kier molecular flexibility index (Phi) is 4.70. The van der Waals surface area contributed by atoms with E-state index in [1.54, 1.807) is 11.8 Å². The molecule has 2 aromatic carbocycles. The minimum atomic E-state index is 0.0499. The average molecular weight is 278 g/mol. The van der Waals surface area contributed by atoms with Gasteiger partial charge in [-0.1, -0.05) is 47.5 Å². The van der Waals surface area contributed by atoms with Crippen LogP contribution in [0.1, 0.15) is 17.2 Å². The molecule has 18 heavy (non-hydrogen) atoms. The molecule has 3 heteroatoms. The third-order valence-corrected chi connectivity index (χ3v) is 4.04. The summed E-state index contributed by atoms with van der Waals surface area (Å²) in [5, 5.41) is 0.768. The van der Waals surface area contributed by atoms with Crippen molar-refractivity contribution in [2.75, 3.05) is 5.75 Å². The molecule has 2 N–H and O–H groups in total. The molecule has 2 rings (SSSR count). The fraction of sp³-hybridized carbons (Fsp3) is 0.200. The van der Waals surface area contributed by atoms with Crippen molar-refractivity contribution < 1.29 is 0 Å². The Balaban J connectivity index is 1.98. The molecule has 0 radical (unpaired) electrons. The predicted molar refractivity (Wildman–Crippen MR) is 80.3 cm³/mol. The highest BCUT2D eigenvalue weighted by Gasteiger charge is 2.06. The molecule has 0 aliphatic carbocycles. The van der Waals surface area contributed by atoms with Crippen LogP contribution >= 0.6 is 23.4 Å². The Bertz CT molecular complexity index is 527. The summed E-state index contributed by atoms with van der Waals surface area (Å²) in [6.07, 6.45) is 0. The predicted octanol–water partition coefficient (Wildman–Crippen LogP) is 4.44. The van der Waals surface area contributed by atoms with Crippen LogP contribution in [-0.2, 0) is 0 Å². The van der Waals surface area contributed by atoms with Crippen LogP contribution in [0, 0.1) is 6.92 Å². The fourth-order valence-corrected chi connectivity index (χ4v) is 2.94.